The monoisotopic (exact) mass is 224 g/mol. The van der Waals surface area contributed by atoms with Crippen LogP contribution >= 0.6 is 0 Å². The van der Waals surface area contributed by atoms with Crippen molar-refractivity contribution in [3.05, 3.63) is 0 Å². The Morgan fingerprint density at radius 1 is 1.12 bits per heavy atom. The highest BCUT2D eigenvalue weighted by Gasteiger charge is 2.34. The topological polar surface area (TPSA) is 29.3 Å². The summed E-state index contributed by atoms with van der Waals surface area (Å²) in [5.74, 6) is 0. The van der Waals surface area contributed by atoms with E-state index in [4.69, 9.17) is 5.73 Å². The van der Waals surface area contributed by atoms with Gasteiger partial charge in [0.05, 0.1) is 0 Å². The van der Waals surface area contributed by atoms with E-state index in [0.717, 1.165) is 12.6 Å². The van der Waals surface area contributed by atoms with E-state index in [1.54, 1.807) is 0 Å². The zero-order valence-corrected chi connectivity index (χ0v) is 10.9. The molecule has 0 aromatic carbocycles. The SMILES string of the molecule is CC1CCCCN1CC1(CN)CCCCC1. The van der Waals surface area contributed by atoms with Crippen LogP contribution in [-0.4, -0.2) is 30.6 Å². The van der Waals surface area contributed by atoms with E-state index in [2.05, 4.69) is 11.8 Å². The van der Waals surface area contributed by atoms with E-state index in [9.17, 15) is 0 Å². The Morgan fingerprint density at radius 2 is 1.88 bits per heavy atom. The largest absolute Gasteiger partial charge is 0.330 e. The van der Waals surface area contributed by atoms with Crippen molar-refractivity contribution in [2.75, 3.05) is 19.6 Å². The maximum absolute atomic E-state index is 6.07. The van der Waals surface area contributed by atoms with Gasteiger partial charge in [-0.2, -0.15) is 0 Å². The van der Waals surface area contributed by atoms with Gasteiger partial charge in [0.25, 0.3) is 0 Å². The van der Waals surface area contributed by atoms with Crippen LogP contribution in [0.25, 0.3) is 0 Å². The summed E-state index contributed by atoms with van der Waals surface area (Å²) in [6, 6.07) is 0.791. The summed E-state index contributed by atoms with van der Waals surface area (Å²) in [5, 5.41) is 0. The van der Waals surface area contributed by atoms with Crippen molar-refractivity contribution in [3.63, 3.8) is 0 Å². The average Bonchev–Trinajstić information content (AvgIpc) is 2.33. The van der Waals surface area contributed by atoms with Crippen LogP contribution in [0.2, 0.25) is 0 Å². The van der Waals surface area contributed by atoms with E-state index >= 15 is 0 Å². The minimum absolute atomic E-state index is 0.462. The number of hydrogen-bond acceptors (Lipinski definition) is 2. The second kappa shape index (κ2) is 5.50. The Balaban J connectivity index is 1.93. The molecular formula is C14H28N2. The van der Waals surface area contributed by atoms with Gasteiger partial charge in [0.1, 0.15) is 0 Å². The predicted molar refractivity (Wildman–Crippen MR) is 69.5 cm³/mol. The van der Waals surface area contributed by atoms with Crippen LogP contribution < -0.4 is 5.73 Å². The van der Waals surface area contributed by atoms with Crippen molar-refractivity contribution in [2.45, 2.75) is 64.3 Å². The highest BCUT2D eigenvalue weighted by Crippen LogP contribution is 2.37. The molecule has 2 rings (SSSR count). The van der Waals surface area contributed by atoms with Gasteiger partial charge in [0.2, 0.25) is 0 Å². The molecule has 2 nitrogen and oxygen atoms in total. The molecule has 1 aliphatic heterocycles. The Morgan fingerprint density at radius 3 is 2.50 bits per heavy atom. The molecule has 1 heterocycles. The van der Waals surface area contributed by atoms with Gasteiger partial charge >= 0.3 is 0 Å². The molecule has 94 valence electrons. The second-order valence-corrected chi connectivity index (χ2v) is 6.08. The second-order valence-electron chi connectivity index (χ2n) is 6.08. The minimum atomic E-state index is 0.462. The van der Waals surface area contributed by atoms with Gasteiger partial charge in [-0.1, -0.05) is 25.7 Å². The number of rotatable bonds is 3. The van der Waals surface area contributed by atoms with Gasteiger partial charge in [-0.05, 0) is 51.1 Å². The molecule has 1 unspecified atom stereocenters. The first-order valence-corrected chi connectivity index (χ1v) is 7.20. The zero-order chi connectivity index (χ0) is 11.4. The van der Waals surface area contributed by atoms with Crippen molar-refractivity contribution >= 4 is 0 Å². The Bertz CT molecular complexity index is 209. The van der Waals surface area contributed by atoms with E-state index in [0.29, 0.717) is 5.41 Å². The molecule has 0 bridgehead atoms. The van der Waals surface area contributed by atoms with Crippen molar-refractivity contribution in [3.8, 4) is 0 Å². The van der Waals surface area contributed by atoms with Crippen molar-refractivity contribution in [1.29, 1.82) is 0 Å². The van der Waals surface area contributed by atoms with Crippen molar-refractivity contribution in [1.82, 2.24) is 4.90 Å². The van der Waals surface area contributed by atoms with Gasteiger partial charge in [-0.25, -0.2) is 0 Å². The first kappa shape index (κ1) is 12.4. The Hall–Kier alpha value is -0.0800. The highest BCUT2D eigenvalue weighted by molar-refractivity contribution is 4.89. The molecule has 0 radical (unpaired) electrons. The number of piperidine rings is 1. The van der Waals surface area contributed by atoms with E-state index < -0.39 is 0 Å². The lowest BCUT2D eigenvalue weighted by atomic mass is 9.73. The molecule has 0 aromatic rings. The van der Waals surface area contributed by atoms with Crippen LogP contribution in [-0.2, 0) is 0 Å². The van der Waals surface area contributed by atoms with Crippen LogP contribution in [0.3, 0.4) is 0 Å². The number of nitrogens with zero attached hydrogens (tertiary/aromatic N) is 1. The van der Waals surface area contributed by atoms with Crippen LogP contribution in [0.4, 0.5) is 0 Å². The Kier molecular flexibility index (Phi) is 4.26. The quantitative estimate of drug-likeness (QED) is 0.798. The third kappa shape index (κ3) is 2.78. The smallest absolute Gasteiger partial charge is 0.00671 e. The summed E-state index contributed by atoms with van der Waals surface area (Å²) in [7, 11) is 0. The van der Waals surface area contributed by atoms with Gasteiger partial charge in [-0.3, -0.25) is 0 Å². The fraction of sp³-hybridized carbons (Fsp3) is 1.00. The molecule has 1 aliphatic carbocycles. The molecule has 0 amide bonds. The minimum Gasteiger partial charge on any atom is -0.330 e. The van der Waals surface area contributed by atoms with Crippen LogP contribution in [0.1, 0.15) is 58.3 Å². The summed E-state index contributed by atoms with van der Waals surface area (Å²) in [6.07, 6.45) is 11.2. The van der Waals surface area contributed by atoms with Gasteiger partial charge in [0, 0.05) is 12.6 Å². The van der Waals surface area contributed by atoms with Gasteiger partial charge in [0.15, 0.2) is 0 Å². The third-order valence-electron chi connectivity index (χ3n) is 4.83. The van der Waals surface area contributed by atoms with Crippen molar-refractivity contribution in [2.24, 2.45) is 11.1 Å². The molecule has 1 saturated heterocycles. The maximum Gasteiger partial charge on any atom is 0.00671 e. The lowest BCUT2D eigenvalue weighted by Crippen LogP contribution is -2.48. The molecular weight excluding hydrogens is 196 g/mol. The van der Waals surface area contributed by atoms with Crippen LogP contribution in [0.5, 0.6) is 0 Å². The third-order valence-corrected chi connectivity index (χ3v) is 4.83. The molecule has 2 aliphatic rings. The molecule has 16 heavy (non-hydrogen) atoms. The Labute approximate surface area is 101 Å². The molecule has 2 N–H and O–H groups in total. The fourth-order valence-corrected chi connectivity index (χ4v) is 3.55. The van der Waals surface area contributed by atoms with Crippen LogP contribution in [0, 0.1) is 5.41 Å². The lowest BCUT2D eigenvalue weighted by molar-refractivity contribution is 0.0667. The lowest BCUT2D eigenvalue weighted by Gasteiger charge is -2.44. The van der Waals surface area contributed by atoms with E-state index in [1.807, 2.05) is 0 Å². The summed E-state index contributed by atoms with van der Waals surface area (Å²) in [6.45, 7) is 5.87. The molecule has 1 saturated carbocycles. The standard InChI is InChI=1S/C14H28N2/c1-13-7-3-6-10-16(13)12-14(11-15)8-4-2-5-9-14/h13H,2-12,15H2,1H3. The molecule has 0 aromatic heterocycles. The first-order chi connectivity index (χ1) is 7.76. The van der Waals surface area contributed by atoms with Gasteiger partial charge < -0.3 is 10.6 Å². The molecule has 2 fully saturated rings. The maximum atomic E-state index is 6.07. The van der Waals surface area contributed by atoms with Crippen LogP contribution in [0.15, 0.2) is 0 Å². The highest BCUT2D eigenvalue weighted by atomic mass is 15.2. The summed E-state index contributed by atoms with van der Waals surface area (Å²) >= 11 is 0. The van der Waals surface area contributed by atoms with E-state index in [-0.39, 0.29) is 0 Å². The fourth-order valence-electron chi connectivity index (χ4n) is 3.55. The number of nitrogens with two attached hydrogens (primary N) is 1. The summed E-state index contributed by atoms with van der Waals surface area (Å²) in [4.78, 5) is 2.71. The molecule has 0 spiro atoms. The predicted octanol–water partition coefficient (Wildman–Crippen LogP) is 2.77. The molecule has 1 atom stereocenters. The van der Waals surface area contributed by atoms with Gasteiger partial charge in [-0.15, -0.1) is 0 Å². The summed E-state index contributed by atoms with van der Waals surface area (Å²) in [5.41, 5.74) is 6.54. The molecule has 2 heteroatoms. The first-order valence-electron chi connectivity index (χ1n) is 7.20. The van der Waals surface area contributed by atoms with Crippen molar-refractivity contribution < 1.29 is 0 Å². The summed E-state index contributed by atoms with van der Waals surface area (Å²) < 4.78 is 0. The number of hydrogen-bond donors (Lipinski definition) is 1. The van der Waals surface area contributed by atoms with E-state index in [1.165, 1.54) is 64.5 Å². The average molecular weight is 224 g/mol. The zero-order valence-electron chi connectivity index (χ0n) is 10.9. The normalized spacial score (nSPS) is 31.5. The number of likely N-dealkylation sites (tertiary alicyclic amines) is 1.